The van der Waals surface area contributed by atoms with E-state index in [0.29, 0.717) is 28.1 Å². The topological polar surface area (TPSA) is 102 Å². The molecular formula is C23H18ClN7O. The zero-order valence-electron chi connectivity index (χ0n) is 17.3. The van der Waals surface area contributed by atoms with Gasteiger partial charge in [0.15, 0.2) is 11.6 Å². The Bertz CT molecular complexity index is 1400. The summed E-state index contributed by atoms with van der Waals surface area (Å²) >= 11 is 6.29. The first-order chi connectivity index (χ1) is 15.7. The fourth-order valence-corrected chi connectivity index (χ4v) is 3.88. The SMILES string of the molecule is CNc1ncc2c(-c3cccc(Cl)c3)cc(-c3ccc(-c4nnn[nH]4)cc3)c(OC)c2n1. The number of aromatic amines is 1. The van der Waals surface area contributed by atoms with E-state index in [4.69, 9.17) is 21.3 Å². The molecule has 0 radical (unpaired) electrons. The zero-order valence-corrected chi connectivity index (χ0v) is 18.1. The van der Waals surface area contributed by atoms with E-state index in [1.807, 2.05) is 48.5 Å². The van der Waals surface area contributed by atoms with Gasteiger partial charge in [-0.2, -0.15) is 0 Å². The Balaban J connectivity index is 1.76. The molecule has 0 aliphatic carbocycles. The quantitative estimate of drug-likeness (QED) is 0.400. The van der Waals surface area contributed by atoms with E-state index in [1.54, 1.807) is 20.4 Å². The number of halogens is 1. The highest BCUT2D eigenvalue weighted by atomic mass is 35.5. The third-order valence-electron chi connectivity index (χ3n) is 5.21. The van der Waals surface area contributed by atoms with Crippen LogP contribution in [0, 0.1) is 0 Å². The lowest BCUT2D eigenvalue weighted by atomic mass is 9.94. The van der Waals surface area contributed by atoms with Gasteiger partial charge in [0.05, 0.1) is 7.11 Å². The van der Waals surface area contributed by atoms with Gasteiger partial charge in [-0.05, 0) is 45.3 Å². The molecule has 158 valence electrons. The molecule has 0 bridgehead atoms. The van der Waals surface area contributed by atoms with E-state index in [2.05, 4.69) is 37.0 Å². The summed E-state index contributed by atoms with van der Waals surface area (Å²) < 4.78 is 5.85. The van der Waals surface area contributed by atoms with Crippen LogP contribution in [0.5, 0.6) is 5.75 Å². The molecule has 9 heteroatoms. The van der Waals surface area contributed by atoms with Crippen LogP contribution in [0.2, 0.25) is 5.02 Å². The molecular weight excluding hydrogens is 426 g/mol. The van der Waals surface area contributed by atoms with Crippen LogP contribution in [0.4, 0.5) is 5.95 Å². The van der Waals surface area contributed by atoms with Gasteiger partial charge in [0.1, 0.15) is 5.52 Å². The lowest BCUT2D eigenvalue weighted by Gasteiger charge is -2.16. The van der Waals surface area contributed by atoms with Crippen molar-refractivity contribution in [3.8, 4) is 39.4 Å². The third kappa shape index (κ3) is 3.50. The number of nitrogens with zero attached hydrogens (tertiary/aromatic N) is 5. The average Bonchev–Trinajstić information content (AvgIpc) is 3.38. The number of hydrogen-bond donors (Lipinski definition) is 2. The summed E-state index contributed by atoms with van der Waals surface area (Å²) in [5, 5.41) is 18.5. The maximum Gasteiger partial charge on any atom is 0.223 e. The van der Waals surface area contributed by atoms with E-state index in [9.17, 15) is 0 Å². The molecule has 0 atom stereocenters. The summed E-state index contributed by atoms with van der Waals surface area (Å²) in [6.07, 6.45) is 1.80. The summed E-state index contributed by atoms with van der Waals surface area (Å²) in [6.45, 7) is 0. The van der Waals surface area contributed by atoms with Gasteiger partial charge in [-0.25, -0.2) is 15.1 Å². The van der Waals surface area contributed by atoms with Crippen molar-refractivity contribution in [1.82, 2.24) is 30.6 Å². The predicted octanol–water partition coefficient (Wildman–Crippen LogP) is 4.85. The standard InChI is InChI=1S/C23H18ClN7O/c1-25-23-26-12-19-17(15-4-3-5-16(24)10-15)11-18(21(32-2)20(19)27-23)13-6-8-14(9-7-13)22-28-30-31-29-22/h3-12H,1-2H3,(H,25,26,27)(H,28,29,30,31). The number of ether oxygens (including phenoxy) is 1. The molecule has 0 saturated carbocycles. The molecule has 0 amide bonds. The maximum atomic E-state index is 6.29. The third-order valence-corrected chi connectivity index (χ3v) is 5.44. The number of fused-ring (bicyclic) bond motifs is 1. The monoisotopic (exact) mass is 443 g/mol. The molecule has 0 unspecified atom stereocenters. The van der Waals surface area contributed by atoms with Crippen LogP contribution < -0.4 is 10.1 Å². The second-order valence-corrected chi connectivity index (χ2v) is 7.48. The highest BCUT2D eigenvalue weighted by molar-refractivity contribution is 6.31. The van der Waals surface area contributed by atoms with Gasteiger partial charge in [-0.3, -0.25) is 0 Å². The van der Waals surface area contributed by atoms with Gasteiger partial charge < -0.3 is 10.1 Å². The molecule has 2 aromatic heterocycles. The predicted molar refractivity (Wildman–Crippen MR) is 125 cm³/mol. The normalized spacial score (nSPS) is 11.0. The average molecular weight is 444 g/mol. The Morgan fingerprint density at radius 2 is 1.78 bits per heavy atom. The first kappa shape index (κ1) is 19.9. The van der Waals surface area contributed by atoms with E-state index in [1.165, 1.54) is 0 Å². The Hall–Kier alpha value is -4.04. The number of methoxy groups -OCH3 is 1. The van der Waals surface area contributed by atoms with Gasteiger partial charge >= 0.3 is 0 Å². The van der Waals surface area contributed by atoms with Crippen molar-refractivity contribution in [3.63, 3.8) is 0 Å². The number of rotatable bonds is 5. The molecule has 2 heterocycles. The summed E-state index contributed by atoms with van der Waals surface area (Å²) in [5.74, 6) is 1.78. The van der Waals surface area contributed by atoms with Crippen molar-refractivity contribution in [1.29, 1.82) is 0 Å². The summed E-state index contributed by atoms with van der Waals surface area (Å²) in [5.41, 5.74) is 5.39. The number of H-pyrrole nitrogens is 1. The molecule has 0 fully saturated rings. The molecule has 5 aromatic rings. The summed E-state index contributed by atoms with van der Waals surface area (Å²) in [4.78, 5) is 9.12. The van der Waals surface area contributed by atoms with Crippen LogP contribution in [-0.4, -0.2) is 44.7 Å². The molecule has 0 aliphatic rings. The van der Waals surface area contributed by atoms with Crippen LogP contribution in [0.15, 0.2) is 60.8 Å². The number of aromatic nitrogens is 6. The largest absolute Gasteiger partial charge is 0.494 e. The van der Waals surface area contributed by atoms with Gasteiger partial charge in [0, 0.05) is 34.8 Å². The summed E-state index contributed by atoms with van der Waals surface area (Å²) in [6, 6.07) is 17.7. The van der Waals surface area contributed by atoms with Gasteiger partial charge in [0.2, 0.25) is 5.95 Å². The highest BCUT2D eigenvalue weighted by Crippen LogP contribution is 2.42. The fourth-order valence-electron chi connectivity index (χ4n) is 3.69. The molecule has 0 spiro atoms. The molecule has 2 N–H and O–H groups in total. The van der Waals surface area contributed by atoms with Crippen molar-refractivity contribution in [2.45, 2.75) is 0 Å². The van der Waals surface area contributed by atoms with Crippen molar-refractivity contribution >= 4 is 28.5 Å². The van der Waals surface area contributed by atoms with Gasteiger partial charge in [0.25, 0.3) is 0 Å². The van der Waals surface area contributed by atoms with Crippen molar-refractivity contribution < 1.29 is 4.74 Å². The Kier molecular flexibility index (Phi) is 5.12. The van der Waals surface area contributed by atoms with Crippen molar-refractivity contribution in [2.75, 3.05) is 19.5 Å². The van der Waals surface area contributed by atoms with Crippen molar-refractivity contribution in [2.24, 2.45) is 0 Å². The Morgan fingerprint density at radius 1 is 0.969 bits per heavy atom. The molecule has 0 saturated heterocycles. The van der Waals surface area contributed by atoms with Crippen LogP contribution in [-0.2, 0) is 0 Å². The molecule has 0 aliphatic heterocycles. The van der Waals surface area contributed by atoms with E-state index >= 15 is 0 Å². The first-order valence-corrected chi connectivity index (χ1v) is 10.2. The second kappa shape index (κ2) is 8.24. The molecule has 5 rings (SSSR count). The zero-order chi connectivity index (χ0) is 22.1. The minimum absolute atomic E-state index is 0.512. The maximum absolute atomic E-state index is 6.29. The molecule has 3 aromatic carbocycles. The van der Waals surface area contributed by atoms with Crippen LogP contribution in [0.3, 0.4) is 0 Å². The highest BCUT2D eigenvalue weighted by Gasteiger charge is 2.18. The fraction of sp³-hybridized carbons (Fsp3) is 0.0870. The van der Waals surface area contributed by atoms with Gasteiger partial charge in [-0.15, -0.1) is 5.10 Å². The molecule has 8 nitrogen and oxygen atoms in total. The Labute approximate surface area is 188 Å². The lowest BCUT2D eigenvalue weighted by Crippen LogP contribution is -2.00. The minimum atomic E-state index is 0.512. The smallest absolute Gasteiger partial charge is 0.223 e. The number of nitrogens with one attached hydrogen (secondary N) is 2. The van der Waals surface area contributed by atoms with E-state index < -0.39 is 0 Å². The minimum Gasteiger partial charge on any atom is -0.494 e. The van der Waals surface area contributed by atoms with Gasteiger partial charge in [-0.1, -0.05) is 48.0 Å². The van der Waals surface area contributed by atoms with Crippen LogP contribution >= 0.6 is 11.6 Å². The first-order valence-electron chi connectivity index (χ1n) is 9.84. The number of anilines is 1. The van der Waals surface area contributed by atoms with Crippen LogP contribution in [0.25, 0.3) is 44.5 Å². The number of tetrazole rings is 1. The number of hydrogen-bond acceptors (Lipinski definition) is 7. The van der Waals surface area contributed by atoms with Crippen LogP contribution in [0.1, 0.15) is 0 Å². The number of benzene rings is 3. The van der Waals surface area contributed by atoms with E-state index in [-0.39, 0.29) is 0 Å². The second-order valence-electron chi connectivity index (χ2n) is 7.05. The van der Waals surface area contributed by atoms with Crippen molar-refractivity contribution in [3.05, 3.63) is 65.8 Å². The van der Waals surface area contributed by atoms with E-state index in [0.717, 1.165) is 33.2 Å². The Morgan fingerprint density at radius 3 is 2.47 bits per heavy atom. The lowest BCUT2D eigenvalue weighted by molar-refractivity contribution is 0.420. The molecule has 32 heavy (non-hydrogen) atoms. The summed E-state index contributed by atoms with van der Waals surface area (Å²) in [7, 11) is 3.43.